The van der Waals surface area contributed by atoms with Crippen LogP contribution in [0.15, 0.2) is 11.5 Å². The number of hydrogen-bond acceptors (Lipinski definition) is 5. The summed E-state index contributed by atoms with van der Waals surface area (Å²) >= 11 is 1.38. The summed E-state index contributed by atoms with van der Waals surface area (Å²) in [6, 6.07) is 0.509. The first-order valence-corrected chi connectivity index (χ1v) is 7.40. The van der Waals surface area contributed by atoms with E-state index >= 15 is 0 Å². The van der Waals surface area contributed by atoms with E-state index < -0.39 is 11.6 Å². The van der Waals surface area contributed by atoms with Gasteiger partial charge in [-0.15, -0.1) is 10.2 Å². The average Bonchev–Trinajstić information content (AvgIpc) is 3.05. The molecule has 0 aromatic carbocycles. The van der Waals surface area contributed by atoms with Crippen LogP contribution in [0.3, 0.4) is 0 Å². The molecule has 1 unspecified atom stereocenters. The summed E-state index contributed by atoms with van der Waals surface area (Å²) in [5, 5.41) is 21.1. The van der Waals surface area contributed by atoms with Crippen LogP contribution < -0.4 is 5.32 Å². The second kappa shape index (κ2) is 5.50. The molecule has 1 amide bonds. The number of nitrogens with one attached hydrogen (secondary N) is 1. The lowest BCUT2D eigenvalue weighted by atomic mass is 9.99. The normalized spacial score (nSPS) is 17.3. The number of aromatic nitrogens is 3. The molecule has 1 heterocycles. The molecule has 1 aliphatic carbocycles. The molecule has 1 aliphatic rings. The Hall–Kier alpha value is -1.08. The Morgan fingerprint density at radius 2 is 2.37 bits per heavy atom. The number of thioether (sulfide) groups is 1. The van der Waals surface area contributed by atoms with Crippen LogP contribution >= 0.6 is 11.8 Å². The fraction of sp³-hybridized carbons (Fsp3) is 0.750. The number of nitrogens with zero attached hydrogens (tertiary/aromatic N) is 3. The molecule has 1 fully saturated rings. The van der Waals surface area contributed by atoms with Gasteiger partial charge in [-0.2, -0.15) is 0 Å². The highest BCUT2D eigenvalue weighted by molar-refractivity contribution is 7.99. The van der Waals surface area contributed by atoms with Crippen molar-refractivity contribution in [3.63, 3.8) is 0 Å². The highest BCUT2D eigenvalue weighted by atomic mass is 32.2. The molecule has 7 heteroatoms. The monoisotopic (exact) mass is 284 g/mol. The van der Waals surface area contributed by atoms with Gasteiger partial charge >= 0.3 is 0 Å². The molecule has 0 radical (unpaired) electrons. The first kappa shape index (κ1) is 14.3. The third-order valence-electron chi connectivity index (χ3n) is 3.32. The fourth-order valence-electron chi connectivity index (χ4n) is 1.57. The van der Waals surface area contributed by atoms with Gasteiger partial charge in [0.2, 0.25) is 5.91 Å². The maximum Gasteiger partial charge on any atom is 0.230 e. The van der Waals surface area contributed by atoms with Gasteiger partial charge < -0.3 is 15.0 Å². The maximum atomic E-state index is 11.9. The van der Waals surface area contributed by atoms with Gasteiger partial charge in [-0.05, 0) is 33.6 Å². The number of hydrogen-bond donors (Lipinski definition) is 2. The molecule has 1 aromatic heterocycles. The maximum absolute atomic E-state index is 11.9. The van der Waals surface area contributed by atoms with Gasteiger partial charge in [-0.3, -0.25) is 4.79 Å². The summed E-state index contributed by atoms with van der Waals surface area (Å²) in [4.78, 5) is 11.9. The number of aliphatic hydroxyl groups is 1. The van der Waals surface area contributed by atoms with E-state index in [1.165, 1.54) is 11.8 Å². The minimum atomic E-state index is -0.623. The van der Waals surface area contributed by atoms with Crippen molar-refractivity contribution in [2.75, 3.05) is 5.75 Å². The summed E-state index contributed by atoms with van der Waals surface area (Å²) in [7, 11) is 0. The predicted octanol–water partition coefficient (Wildman–Crippen LogP) is 0.981. The van der Waals surface area contributed by atoms with Crippen molar-refractivity contribution in [1.82, 2.24) is 20.1 Å². The summed E-state index contributed by atoms with van der Waals surface area (Å²) in [5.41, 5.74) is -0.623. The van der Waals surface area contributed by atoms with Crippen molar-refractivity contribution >= 4 is 17.7 Å². The van der Waals surface area contributed by atoms with E-state index in [2.05, 4.69) is 15.5 Å². The molecule has 0 aliphatic heterocycles. The van der Waals surface area contributed by atoms with E-state index in [1.54, 1.807) is 27.1 Å². The van der Waals surface area contributed by atoms with Gasteiger partial charge in [-0.1, -0.05) is 11.8 Å². The van der Waals surface area contributed by atoms with Crippen LogP contribution in [0.2, 0.25) is 0 Å². The van der Waals surface area contributed by atoms with E-state index in [0.717, 1.165) is 18.0 Å². The van der Waals surface area contributed by atoms with E-state index in [4.69, 9.17) is 0 Å². The van der Waals surface area contributed by atoms with E-state index in [-0.39, 0.29) is 11.7 Å². The van der Waals surface area contributed by atoms with Gasteiger partial charge in [0.15, 0.2) is 5.16 Å². The molecular formula is C12H20N4O2S. The highest BCUT2D eigenvalue weighted by Crippen LogP contribution is 2.37. The lowest BCUT2D eigenvalue weighted by Gasteiger charge is -2.29. The third kappa shape index (κ3) is 3.70. The van der Waals surface area contributed by atoms with Gasteiger partial charge in [0.05, 0.1) is 17.4 Å². The van der Waals surface area contributed by atoms with Gasteiger partial charge in [-0.25, -0.2) is 0 Å². The number of rotatable bonds is 6. The largest absolute Gasteiger partial charge is 0.391 e. The van der Waals surface area contributed by atoms with Crippen molar-refractivity contribution in [2.24, 2.45) is 0 Å². The zero-order valence-corrected chi connectivity index (χ0v) is 12.3. The van der Waals surface area contributed by atoms with Gasteiger partial charge in [0.25, 0.3) is 0 Å². The first-order chi connectivity index (χ1) is 8.90. The van der Waals surface area contributed by atoms with Crippen molar-refractivity contribution in [1.29, 1.82) is 0 Å². The standard InChI is InChI=1S/C12H20N4O2S/c1-8(17)12(2,3)14-10(18)6-19-11-15-13-7-16(11)9-4-5-9/h7-9,17H,4-6H2,1-3H3,(H,14,18). The molecule has 1 aromatic rings. The zero-order chi connectivity index (χ0) is 14.0. The van der Waals surface area contributed by atoms with Gasteiger partial charge in [0, 0.05) is 6.04 Å². The van der Waals surface area contributed by atoms with Crippen LogP contribution in [0.25, 0.3) is 0 Å². The van der Waals surface area contributed by atoms with Crippen molar-refractivity contribution in [3.8, 4) is 0 Å². The number of amides is 1. The van der Waals surface area contributed by atoms with E-state index in [1.807, 2.05) is 4.57 Å². The molecule has 0 bridgehead atoms. The SMILES string of the molecule is CC(O)C(C)(C)NC(=O)CSc1nncn1C1CC1. The van der Waals surface area contributed by atoms with Gasteiger partial charge in [0.1, 0.15) is 6.33 Å². The predicted molar refractivity (Wildman–Crippen MR) is 72.9 cm³/mol. The van der Waals surface area contributed by atoms with E-state index in [0.29, 0.717) is 6.04 Å². The van der Waals surface area contributed by atoms with Crippen LogP contribution in [-0.2, 0) is 4.79 Å². The molecule has 2 rings (SSSR count). The summed E-state index contributed by atoms with van der Waals surface area (Å²) in [6.45, 7) is 5.26. The summed E-state index contributed by atoms with van der Waals surface area (Å²) in [6.07, 6.45) is 3.44. The lowest BCUT2D eigenvalue weighted by Crippen LogP contribution is -2.51. The Balaban J connectivity index is 1.85. The molecule has 106 valence electrons. The smallest absolute Gasteiger partial charge is 0.230 e. The Morgan fingerprint density at radius 1 is 1.68 bits per heavy atom. The molecule has 19 heavy (non-hydrogen) atoms. The van der Waals surface area contributed by atoms with Crippen LogP contribution in [0.1, 0.15) is 39.7 Å². The third-order valence-corrected chi connectivity index (χ3v) is 4.28. The Labute approximate surface area is 117 Å². The minimum absolute atomic E-state index is 0.110. The Bertz CT molecular complexity index is 454. The average molecular weight is 284 g/mol. The molecular weight excluding hydrogens is 264 g/mol. The van der Waals surface area contributed by atoms with Crippen LogP contribution in [0, 0.1) is 0 Å². The molecule has 6 nitrogen and oxygen atoms in total. The van der Waals surface area contributed by atoms with Crippen molar-refractivity contribution in [3.05, 3.63) is 6.33 Å². The number of carbonyl (C=O) groups excluding carboxylic acids is 1. The molecule has 2 N–H and O–H groups in total. The highest BCUT2D eigenvalue weighted by Gasteiger charge is 2.28. The zero-order valence-electron chi connectivity index (χ0n) is 11.5. The first-order valence-electron chi connectivity index (χ1n) is 6.41. The molecule has 0 saturated heterocycles. The van der Waals surface area contributed by atoms with E-state index in [9.17, 15) is 9.90 Å². The second-order valence-electron chi connectivity index (χ2n) is 5.49. The number of carbonyl (C=O) groups is 1. The second-order valence-corrected chi connectivity index (χ2v) is 6.43. The van der Waals surface area contributed by atoms with Crippen molar-refractivity contribution < 1.29 is 9.90 Å². The van der Waals surface area contributed by atoms with Crippen LogP contribution in [-0.4, -0.2) is 43.2 Å². The molecule has 0 spiro atoms. The number of aliphatic hydroxyl groups excluding tert-OH is 1. The lowest BCUT2D eigenvalue weighted by molar-refractivity contribution is -0.121. The van der Waals surface area contributed by atoms with Crippen LogP contribution in [0.4, 0.5) is 0 Å². The van der Waals surface area contributed by atoms with Crippen molar-refractivity contribution in [2.45, 2.75) is 56.5 Å². The van der Waals surface area contributed by atoms with Crippen LogP contribution in [0.5, 0.6) is 0 Å². The fourth-order valence-corrected chi connectivity index (χ4v) is 2.35. The Morgan fingerprint density at radius 3 is 2.95 bits per heavy atom. The summed E-state index contributed by atoms with van der Waals surface area (Å²) in [5.74, 6) is 0.169. The topological polar surface area (TPSA) is 80.0 Å². The minimum Gasteiger partial charge on any atom is -0.391 e. The quantitative estimate of drug-likeness (QED) is 0.761. The summed E-state index contributed by atoms with van der Waals surface area (Å²) < 4.78 is 2.03. The molecule has 1 atom stereocenters. The Kier molecular flexibility index (Phi) is 4.15. The molecule has 1 saturated carbocycles.